The summed E-state index contributed by atoms with van der Waals surface area (Å²) in [6.45, 7) is 7.75. The molecule has 106 valence electrons. The van der Waals surface area contributed by atoms with Crippen LogP contribution in [0.5, 0.6) is 0 Å². The first-order valence-electron chi connectivity index (χ1n) is 6.45. The van der Waals surface area contributed by atoms with E-state index in [1.165, 1.54) is 0 Å². The number of nitrogens with two attached hydrogens (primary N) is 1. The van der Waals surface area contributed by atoms with Crippen LogP contribution in [0, 0.1) is 23.0 Å². The number of anilines is 2. The van der Waals surface area contributed by atoms with Gasteiger partial charge in [0.1, 0.15) is 5.69 Å². The zero-order valence-corrected chi connectivity index (χ0v) is 11.8. The fraction of sp³-hybridized carbons (Fsp3) is 0.667. The van der Waals surface area contributed by atoms with Crippen LogP contribution in [0.4, 0.5) is 17.5 Å². The lowest BCUT2D eigenvalue weighted by molar-refractivity contribution is -0.385. The van der Waals surface area contributed by atoms with Crippen LogP contribution < -0.4 is 11.1 Å². The molecular formula is C12H21N5O2. The van der Waals surface area contributed by atoms with E-state index in [9.17, 15) is 10.1 Å². The minimum absolute atomic E-state index is 0.0438. The molecule has 0 aliphatic carbocycles. The second kappa shape index (κ2) is 6.31. The summed E-state index contributed by atoms with van der Waals surface area (Å²) in [5.41, 5.74) is 5.73. The van der Waals surface area contributed by atoms with Crippen molar-refractivity contribution in [3.8, 4) is 0 Å². The largest absolute Gasteiger partial charge is 0.368 e. The molecule has 19 heavy (non-hydrogen) atoms. The molecule has 0 saturated carbocycles. The summed E-state index contributed by atoms with van der Waals surface area (Å²) in [5.74, 6) is 0.674. The fourth-order valence-electron chi connectivity index (χ4n) is 2.24. The molecule has 0 bridgehead atoms. The molecule has 1 heterocycles. The van der Waals surface area contributed by atoms with Crippen molar-refractivity contribution < 1.29 is 4.92 Å². The maximum absolute atomic E-state index is 11.1. The van der Waals surface area contributed by atoms with Crippen molar-refractivity contribution in [3.63, 3.8) is 0 Å². The van der Waals surface area contributed by atoms with Crippen LogP contribution in [0.3, 0.4) is 0 Å². The lowest BCUT2D eigenvalue weighted by Gasteiger charge is -2.23. The number of hydrogen-bond donors (Lipinski definition) is 2. The molecule has 0 radical (unpaired) electrons. The molecule has 0 amide bonds. The first-order chi connectivity index (χ1) is 8.90. The van der Waals surface area contributed by atoms with Crippen LogP contribution in [0.2, 0.25) is 0 Å². The van der Waals surface area contributed by atoms with E-state index in [0.717, 1.165) is 12.8 Å². The van der Waals surface area contributed by atoms with E-state index in [4.69, 9.17) is 5.73 Å². The normalized spacial score (nSPS) is 12.5. The summed E-state index contributed by atoms with van der Waals surface area (Å²) in [7, 11) is 0. The molecule has 0 saturated heterocycles. The third-order valence-corrected chi connectivity index (χ3v) is 3.38. The molecule has 1 aromatic heterocycles. The van der Waals surface area contributed by atoms with Gasteiger partial charge in [0.05, 0.1) is 4.92 Å². The average molecular weight is 267 g/mol. The van der Waals surface area contributed by atoms with Crippen molar-refractivity contribution >= 4 is 17.5 Å². The molecule has 0 aliphatic heterocycles. The van der Waals surface area contributed by atoms with Gasteiger partial charge in [0.2, 0.25) is 11.8 Å². The molecule has 1 aromatic rings. The zero-order valence-electron chi connectivity index (χ0n) is 11.8. The number of nitrogens with zero attached hydrogens (tertiary/aromatic N) is 3. The average Bonchev–Trinajstić information content (AvgIpc) is 2.28. The van der Waals surface area contributed by atoms with Gasteiger partial charge in [-0.2, -0.15) is 4.98 Å². The number of aryl methyl sites for hydroxylation is 1. The van der Waals surface area contributed by atoms with Crippen LogP contribution in [0.1, 0.15) is 39.3 Å². The van der Waals surface area contributed by atoms with Crippen molar-refractivity contribution in [2.45, 2.75) is 46.6 Å². The first kappa shape index (κ1) is 15.1. The van der Waals surface area contributed by atoms with Crippen molar-refractivity contribution in [1.29, 1.82) is 0 Å². The highest BCUT2D eigenvalue weighted by atomic mass is 16.6. The topological polar surface area (TPSA) is 107 Å². The molecule has 7 nitrogen and oxygen atoms in total. The van der Waals surface area contributed by atoms with E-state index >= 15 is 0 Å². The van der Waals surface area contributed by atoms with E-state index < -0.39 is 4.92 Å². The van der Waals surface area contributed by atoms with Crippen LogP contribution >= 0.6 is 0 Å². The van der Waals surface area contributed by atoms with E-state index in [-0.39, 0.29) is 29.2 Å². The Morgan fingerprint density at radius 2 is 1.95 bits per heavy atom. The monoisotopic (exact) mass is 267 g/mol. The Kier molecular flexibility index (Phi) is 5.02. The Morgan fingerprint density at radius 3 is 2.42 bits per heavy atom. The molecule has 0 spiro atoms. The minimum Gasteiger partial charge on any atom is -0.368 e. The lowest BCUT2D eigenvalue weighted by Crippen LogP contribution is -2.26. The number of nitro groups is 1. The maximum atomic E-state index is 11.1. The standard InChI is InChI=1S/C12H21N5O2/c1-5-9(6-2)7(3)14-11-10(17(18)19)8(4)15-12(13)16-11/h7,9H,5-6H2,1-4H3,(H3,13,14,15,16). The van der Waals surface area contributed by atoms with Crippen LogP contribution in [-0.2, 0) is 0 Å². The Balaban J connectivity index is 3.09. The lowest BCUT2D eigenvalue weighted by atomic mass is 9.95. The molecule has 1 atom stereocenters. The van der Waals surface area contributed by atoms with Crippen molar-refractivity contribution in [2.24, 2.45) is 5.92 Å². The molecule has 0 fully saturated rings. The SMILES string of the molecule is CCC(CC)C(C)Nc1nc(N)nc(C)c1[N+](=O)[O-]. The number of nitrogen functional groups attached to an aromatic ring is 1. The highest BCUT2D eigenvalue weighted by Crippen LogP contribution is 2.28. The van der Waals surface area contributed by atoms with Gasteiger partial charge in [-0.25, -0.2) is 4.98 Å². The molecule has 1 unspecified atom stereocenters. The summed E-state index contributed by atoms with van der Waals surface area (Å²) in [6.07, 6.45) is 2.00. The second-order valence-corrected chi connectivity index (χ2v) is 4.63. The number of aromatic nitrogens is 2. The Labute approximate surface area is 112 Å². The van der Waals surface area contributed by atoms with Crippen LogP contribution in [0.25, 0.3) is 0 Å². The van der Waals surface area contributed by atoms with Gasteiger partial charge in [-0.15, -0.1) is 0 Å². The van der Waals surface area contributed by atoms with Gasteiger partial charge >= 0.3 is 5.69 Å². The van der Waals surface area contributed by atoms with Gasteiger partial charge in [-0.05, 0) is 19.8 Å². The summed E-state index contributed by atoms with van der Waals surface area (Å²) >= 11 is 0. The van der Waals surface area contributed by atoms with E-state index in [1.54, 1.807) is 6.92 Å². The second-order valence-electron chi connectivity index (χ2n) is 4.63. The summed E-state index contributed by atoms with van der Waals surface area (Å²) in [6, 6.07) is 0.0856. The van der Waals surface area contributed by atoms with Crippen molar-refractivity contribution in [2.75, 3.05) is 11.1 Å². The molecule has 7 heteroatoms. The Morgan fingerprint density at radius 1 is 1.37 bits per heavy atom. The third kappa shape index (κ3) is 3.52. The van der Waals surface area contributed by atoms with E-state index in [2.05, 4.69) is 29.1 Å². The van der Waals surface area contributed by atoms with Gasteiger partial charge in [0.25, 0.3) is 0 Å². The highest BCUT2D eigenvalue weighted by Gasteiger charge is 2.24. The van der Waals surface area contributed by atoms with Crippen LogP contribution in [0.15, 0.2) is 0 Å². The van der Waals surface area contributed by atoms with Gasteiger partial charge < -0.3 is 11.1 Å². The predicted octanol–water partition coefficient (Wildman–Crippen LogP) is 2.51. The van der Waals surface area contributed by atoms with Crippen molar-refractivity contribution in [3.05, 3.63) is 15.8 Å². The smallest absolute Gasteiger partial charge is 0.332 e. The van der Waals surface area contributed by atoms with Gasteiger partial charge in [0.15, 0.2) is 0 Å². The predicted molar refractivity (Wildman–Crippen MR) is 75.0 cm³/mol. The third-order valence-electron chi connectivity index (χ3n) is 3.38. The van der Waals surface area contributed by atoms with Gasteiger partial charge in [-0.1, -0.05) is 26.7 Å². The highest BCUT2D eigenvalue weighted by molar-refractivity contribution is 5.60. The first-order valence-corrected chi connectivity index (χ1v) is 6.45. The van der Waals surface area contributed by atoms with Crippen molar-refractivity contribution in [1.82, 2.24) is 9.97 Å². The summed E-state index contributed by atoms with van der Waals surface area (Å²) in [4.78, 5) is 18.4. The number of nitrogens with one attached hydrogen (secondary N) is 1. The molecular weight excluding hydrogens is 246 g/mol. The molecule has 0 aromatic carbocycles. The van der Waals surface area contributed by atoms with E-state index in [1.807, 2.05) is 6.92 Å². The Bertz CT molecular complexity index is 460. The molecule has 0 aliphatic rings. The molecule has 1 rings (SSSR count). The Hall–Kier alpha value is -1.92. The summed E-state index contributed by atoms with van der Waals surface area (Å²) < 4.78 is 0. The summed E-state index contributed by atoms with van der Waals surface area (Å²) in [5, 5.41) is 14.2. The van der Waals surface area contributed by atoms with Crippen LogP contribution in [-0.4, -0.2) is 20.9 Å². The maximum Gasteiger partial charge on any atom is 0.332 e. The molecule has 3 N–H and O–H groups in total. The van der Waals surface area contributed by atoms with Gasteiger partial charge in [-0.3, -0.25) is 10.1 Å². The number of hydrogen-bond acceptors (Lipinski definition) is 6. The van der Waals surface area contributed by atoms with E-state index in [0.29, 0.717) is 5.92 Å². The fourth-order valence-corrected chi connectivity index (χ4v) is 2.24. The van der Waals surface area contributed by atoms with Gasteiger partial charge in [0, 0.05) is 6.04 Å². The number of rotatable bonds is 6. The quantitative estimate of drug-likeness (QED) is 0.605. The zero-order chi connectivity index (χ0) is 14.6. The minimum atomic E-state index is -0.475.